The summed E-state index contributed by atoms with van der Waals surface area (Å²) < 4.78 is 12.6. The Morgan fingerprint density at radius 3 is 2.61 bits per heavy atom. The van der Waals surface area contributed by atoms with Crippen molar-refractivity contribution in [2.45, 2.75) is 19.1 Å². The predicted molar refractivity (Wildman–Crippen MR) is 137 cm³/mol. The van der Waals surface area contributed by atoms with Crippen LogP contribution in [0.4, 0.5) is 5.69 Å². The monoisotopic (exact) mass is 516 g/mol. The van der Waals surface area contributed by atoms with Crippen molar-refractivity contribution < 1.29 is 29.3 Å². The number of para-hydroxylation sites is 1. The second kappa shape index (κ2) is 12.9. The number of aromatic nitrogens is 1. The molecule has 0 bridgehead atoms. The summed E-state index contributed by atoms with van der Waals surface area (Å²) >= 11 is 0. The van der Waals surface area contributed by atoms with E-state index in [9.17, 15) is 19.8 Å². The summed E-state index contributed by atoms with van der Waals surface area (Å²) in [7, 11) is 3.31. The van der Waals surface area contributed by atoms with Crippen molar-refractivity contribution in [3.8, 4) is 11.8 Å². The number of aliphatic hydroxyl groups is 1. The highest BCUT2D eigenvalue weighted by Crippen LogP contribution is 2.29. The van der Waals surface area contributed by atoms with Gasteiger partial charge in [0.15, 0.2) is 0 Å². The lowest BCUT2D eigenvalue weighted by atomic mass is 10.1. The van der Waals surface area contributed by atoms with Crippen molar-refractivity contribution in [3.05, 3.63) is 59.3 Å². The number of aliphatic hydroxyl groups excluding tert-OH is 1. The Balaban J connectivity index is 0.00000456. The molecule has 11 heteroatoms. The molecule has 3 aromatic rings. The maximum atomic E-state index is 13.0. The van der Waals surface area contributed by atoms with Gasteiger partial charge in [-0.1, -0.05) is 12.1 Å². The van der Waals surface area contributed by atoms with Gasteiger partial charge < -0.3 is 34.9 Å². The van der Waals surface area contributed by atoms with Gasteiger partial charge in [0.2, 0.25) is 0 Å². The third-order valence-corrected chi connectivity index (χ3v) is 5.43. The third-order valence-electron chi connectivity index (χ3n) is 5.43. The number of rotatable bonds is 11. The molecule has 0 fully saturated rings. The van der Waals surface area contributed by atoms with Gasteiger partial charge in [-0.2, -0.15) is 5.26 Å². The lowest BCUT2D eigenvalue weighted by Gasteiger charge is -2.17. The number of methoxy groups -OCH3 is 1. The fraction of sp³-hybridized carbons (Fsp3) is 0.320. The Hall–Kier alpha value is -3.62. The fourth-order valence-electron chi connectivity index (χ4n) is 3.69. The highest BCUT2D eigenvalue weighted by atomic mass is 35.5. The number of hydrogen-bond acceptors (Lipinski definition) is 7. The van der Waals surface area contributed by atoms with E-state index in [2.05, 4.69) is 10.6 Å². The molecule has 2 atom stereocenters. The van der Waals surface area contributed by atoms with E-state index in [4.69, 9.17) is 14.7 Å². The summed E-state index contributed by atoms with van der Waals surface area (Å²) in [5, 5.41) is 35.3. The number of aromatic carboxylic acids is 1. The topological polar surface area (TPSA) is 146 Å². The molecule has 0 radical (unpaired) electrons. The Bertz CT molecular complexity index is 1270. The summed E-state index contributed by atoms with van der Waals surface area (Å²) in [5.74, 6) is -1.27. The highest BCUT2D eigenvalue weighted by molar-refractivity contribution is 6.09. The van der Waals surface area contributed by atoms with Crippen LogP contribution in [0.2, 0.25) is 0 Å². The summed E-state index contributed by atoms with van der Waals surface area (Å²) in [4.78, 5) is 24.6. The van der Waals surface area contributed by atoms with Gasteiger partial charge in [0.1, 0.15) is 24.2 Å². The van der Waals surface area contributed by atoms with Crippen molar-refractivity contribution in [2.75, 3.05) is 32.2 Å². The largest absolute Gasteiger partial charge is 0.489 e. The molecule has 36 heavy (non-hydrogen) atoms. The van der Waals surface area contributed by atoms with Crippen LogP contribution >= 0.6 is 12.4 Å². The number of benzene rings is 2. The molecule has 2 aromatic carbocycles. The number of halogens is 1. The van der Waals surface area contributed by atoms with Crippen LogP contribution < -0.4 is 15.4 Å². The Kier molecular flexibility index (Phi) is 10.3. The standard InChI is InChI=1S/C25H28N4O6.ClH/c1-15(13-34-3)27-12-18(30)14-35-22-6-4-5-17-10-21(29(2)23(17)22)24(31)28-20-8-7-16(11-26)9-19(20)25(32)33;/h4-10,15,18,27,30H,12-14H2,1-3H3,(H,28,31)(H,32,33);1H. The van der Waals surface area contributed by atoms with Crippen molar-refractivity contribution in [2.24, 2.45) is 7.05 Å². The van der Waals surface area contributed by atoms with Gasteiger partial charge in [0, 0.05) is 32.1 Å². The number of nitriles is 1. The number of carboxylic acids is 1. The number of carboxylic acid groups (broad SMARTS) is 1. The minimum absolute atomic E-state index is 0. The molecule has 3 rings (SSSR count). The number of carbonyl (C=O) groups is 2. The van der Waals surface area contributed by atoms with Gasteiger partial charge in [-0.05, 0) is 37.3 Å². The number of nitrogens with zero attached hydrogens (tertiary/aromatic N) is 2. The maximum Gasteiger partial charge on any atom is 0.337 e. The van der Waals surface area contributed by atoms with E-state index in [0.29, 0.717) is 24.4 Å². The van der Waals surface area contributed by atoms with Gasteiger partial charge >= 0.3 is 5.97 Å². The SMILES string of the molecule is COCC(C)NCC(O)COc1cccc2cc(C(=O)Nc3ccc(C#N)cc3C(=O)O)n(C)c12.Cl. The number of aryl methyl sites for hydroxylation is 1. The lowest BCUT2D eigenvalue weighted by Crippen LogP contribution is -2.38. The molecule has 0 aliphatic rings. The summed E-state index contributed by atoms with van der Waals surface area (Å²) in [6.07, 6.45) is -0.751. The van der Waals surface area contributed by atoms with Gasteiger partial charge in [-0.25, -0.2) is 4.79 Å². The molecule has 0 saturated carbocycles. The highest BCUT2D eigenvalue weighted by Gasteiger charge is 2.20. The molecule has 0 saturated heterocycles. The fourth-order valence-corrected chi connectivity index (χ4v) is 3.69. The van der Waals surface area contributed by atoms with Crippen LogP contribution in [0.15, 0.2) is 42.5 Å². The minimum Gasteiger partial charge on any atom is -0.489 e. The maximum absolute atomic E-state index is 13.0. The first-order chi connectivity index (χ1) is 16.7. The minimum atomic E-state index is -1.25. The first kappa shape index (κ1) is 28.6. The van der Waals surface area contributed by atoms with Crippen LogP contribution in [-0.4, -0.2) is 65.7 Å². The number of hydrogen-bond donors (Lipinski definition) is 4. The molecule has 0 aliphatic carbocycles. The Morgan fingerprint density at radius 1 is 1.19 bits per heavy atom. The zero-order chi connectivity index (χ0) is 25.5. The van der Waals surface area contributed by atoms with E-state index < -0.39 is 18.0 Å². The molecule has 0 aliphatic heterocycles. The van der Waals surface area contributed by atoms with E-state index >= 15 is 0 Å². The summed E-state index contributed by atoms with van der Waals surface area (Å²) in [6, 6.07) is 13.0. The average Bonchev–Trinajstić information content (AvgIpc) is 3.18. The molecule has 1 amide bonds. The van der Waals surface area contributed by atoms with Crippen LogP contribution in [0.1, 0.15) is 33.3 Å². The quantitative estimate of drug-likeness (QED) is 0.304. The smallest absolute Gasteiger partial charge is 0.337 e. The predicted octanol–water partition coefficient (Wildman–Crippen LogP) is 2.79. The molecule has 192 valence electrons. The zero-order valence-corrected chi connectivity index (χ0v) is 21.0. The number of anilines is 1. The van der Waals surface area contributed by atoms with Crippen LogP contribution in [0.3, 0.4) is 0 Å². The van der Waals surface area contributed by atoms with Crippen molar-refractivity contribution >= 4 is 40.9 Å². The molecule has 4 N–H and O–H groups in total. The van der Waals surface area contributed by atoms with E-state index in [0.717, 1.165) is 5.39 Å². The van der Waals surface area contributed by atoms with Crippen molar-refractivity contribution in [3.63, 3.8) is 0 Å². The van der Waals surface area contributed by atoms with Gasteiger partial charge in [0.25, 0.3) is 5.91 Å². The number of amides is 1. The normalized spacial score (nSPS) is 12.3. The second-order valence-corrected chi connectivity index (χ2v) is 8.14. The van der Waals surface area contributed by atoms with Crippen molar-refractivity contribution in [1.82, 2.24) is 9.88 Å². The van der Waals surface area contributed by atoms with Crippen molar-refractivity contribution in [1.29, 1.82) is 5.26 Å². The zero-order valence-electron chi connectivity index (χ0n) is 20.1. The Morgan fingerprint density at radius 2 is 1.94 bits per heavy atom. The molecule has 10 nitrogen and oxygen atoms in total. The molecule has 2 unspecified atom stereocenters. The van der Waals surface area contributed by atoms with E-state index in [1.807, 2.05) is 19.1 Å². The summed E-state index contributed by atoms with van der Waals surface area (Å²) in [5.41, 5.74) is 1.03. The van der Waals surface area contributed by atoms with Gasteiger partial charge in [-0.15, -0.1) is 12.4 Å². The van der Waals surface area contributed by atoms with Gasteiger partial charge in [0.05, 0.1) is 35.0 Å². The van der Waals surface area contributed by atoms with E-state index in [1.54, 1.807) is 36.9 Å². The first-order valence-corrected chi connectivity index (χ1v) is 11.0. The van der Waals surface area contributed by atoms with E-state index in [1.165, 1.54) is 18.2 Å². The lowest BCUT2D eigenvalue weighted by molar-refractivity contribution is 0.0698. The number of carbonyl (C=O) groups excluding carboxylic acids is 1. The van der Waals surface area contributed by atoms with Crippen LogP contribution in [0.5, 0.6) is 5.75 Å². The summed E-state index contributed by atoms with van der Waals surface area (Å²) in [6.45, 7) is 2.85. The number of fused-ring (bicyclic) bond motifs is 1. The molecule has 1 aromatic heterocycles. The third kappa shape index (κ3) is 6.74. The number of nitrogens with one attached hydrogen (secondary N) is 2. The number of ether oxygens (including phenoxy) is 2. The molecule has 0 spiro atoms. The second-order valence-electron chi connectivity index (χ2n) is 8.14. The van der Waals surface area contributed by atoms with Crippen LogP contribution in [0, 0.1) is 11.3 Å². The first-order valence-electron chi connectivity index (χ1n) is 11.0. The molecular weight excluding hydrogens is 488 g/mol. The molecule has 1 heterocycles. The van der Waals surface area contributed by atoms with Crippen LogP contribution in [-0.2, 0) is 11.8 Å². The van der Waals surface area contributed by atoms with Gasteiger partial charge in [-0.3, -0.25) is 4.79 Å². The Labute approximate surface area is 214 Å². The van der Waals surface area contributed by atoms with E-state index in [-0.39, 0.29) is 47.6 Å². The van der Waals surface area contributed by atoms with Crippen LogP contribution in [0.25, 0.3) is 10.9 Å². The molecular formula is C25H29ClN4O6. The average molecular weight is 517 g/mol.